The molecule has 0 aliphatic rings. The van der Waals surface area contributed by atoms with Crippen LogP contribution in [-0.4, -0.2) is 41.4 Å². The summed E-state index contributed by atoms with van der Waals surface area (Å²) in [5.74, 6) is 0.772. The van der Waals surface area contributed by atoms with Crippen molar-refractivity contribution >= 4 is 39.2 Å². The van der Waals surface area contributed by atoms with Gasteiger partial charge >= 0.3 is 0 Å². The Morgan fingerprint density at radius 2 is 2.09 bits per heavy atom. The SMILES string of the molecule is COCCCNC(=O)C(C)Sc1nc(C)nc2sc(C)c(C)c12. The Morgan fingerprint density at radius 1 is 1.35 bits per heavy atom. The summed E-state index contributed by atoms with van der Waals surface area (Å²) >= 11 is 3.18. The minimum absolute atomic E-state index is 0.0279. The Labute approximate surface area is 145 Å². The molecular formula is C16H23N3O2S2. The molecule has 0 spiro atoms. The summed E-state index contributed by atoms with van der Waals surface area (Å²) in [6.07, 6.45) is 0.819. The van der Waals surface area contributed by atoms with Crippen molar-refractivity contribution in [1.29, 1.82) is 0 Å². The van der Waals surface area contributed by atoms with Crippen molar-refractivity contribution in [3.05, 3.63) is 16.3 Å². The molecule has 23 heavy (non-hydrogen) atoms. The number of aromatic nitrogens is 2. The van der Waals surface area contributed by atoms with E-state index in [2.05, 4.69) is 29.1 Å². The fraction of sp³-hybridized carbons (Fsp3) is 0.562. The van der Waals surface area contributed by atoms with Gasteiger partial charge in [-0.05, 0) is 39.7 Å². The molecule has 0 radical (unpaired) electrons. The number of hydrogen-bond acceptors (Lipinski definition) is 6. The van der Waals surface area contributed by atoms with Crippen molar-refractivity contribution in [2.24, 2.45) is 0 Å². The summed E-state index contributed by atoms with van der Waals surface area (Å²) < 4.78 is 4.98. The maximum absolute atomic E-state index is 12.2. The lowest BCUT2D eigenvalue weighted by atomic mass is 10.2. The van der Waals surface area contributed by atoms with Gasteiger partial charge in [-0.15, -0.1) is 11.3 Å². The Bertz CT molecular complexity index is 700. The van der Waals surface area contributed by atoms with Gasteiger partial charge in [0.25, 0.3) is 0 Å². The zero-order valence-corrected chi connectivity index (χ0v) is 15.9. The van der Waals surface area contributed by atoms with E-state index in [4.69, 9.17) is 4.74 Å². The number of nitrogens with zero attached hydrogens (tertiary/aromatic N) is 2. The average molecular weight is 354 g/mol. The highest BCUT2D eigenvalue weighted by Crippen LogP contribution is 2.36. The third-order valence-corrected chi connectivity index (χ3v) is 5.78. The van der Waals surface area contributed by atoms with Crippen LogP contribution in [0.15, 0.2) is 5.03 Å². The lowest BCUT2D eigenvalue weighted by molar-refractivity contribution is -0.120. The van der Waals surface area contributed by atoms with Gasteiger partial charge in [-0.2, -0.15) is 0 Å². The molecule has 1 N–H and O–H groups in total. The Kier molecular flexibility index (Phi) is 6.38. The Hall–Kier alpha value is -1.18. The van der Waals surface area contributed by atoms with Crippen molar-refractivity contribution in [1.82, 2.24) is 15.3 Å². The molecular weight excluding hydrogens is 330 g/mol. The van der Waals surface area contributed by atoms with Gasteiger partial charge in [0.15, 0.2) is 0 Å². The molecule has 1 atom stereocenters. The number of fused-ring (bicyclic) bond motifs is 1. The van der Waals surface area contributed by atoms with E-state index in [1.165, 1.54) is 22.2 Å². The molecule has 2 aromatic heterocycles. The summed E-state index contributed by atoms with van der Waals surface area (Å²) in [5, 5.41) is 4.72. The van der Waals surface area contributed by atoms with E-state index in [1.54, 1.807) is 18.4 Å². The van der Waals surface area contributed by atoms with Gasteiger partial charge in [-0.25, -0.2) is 9.97 Å². The molecule has 0 aromatic carbocycles. The molecule has 0 bridgehead atoms. The minimum atomic E-state index is -0.199. The number of carbonyl (C=O) groups excluding carboxylic acids is 1. The summed E-state index contributed by atoms with van der Waals surface area (Å²) in [7, 11) is 1.66. The van der Waals surface area contributed by atoms with Gasteiger partial charge in [0.05, 0.1) is 5.25 Å². The molecule has 0 saturated carbocycles. The molecule has 2 aromatic rings. The van der Waals surface area contributed by atoms with E-state index in [0.717, 1.165) is 27.5 Å². The van der Waals surface area contributed by atoms with Crippen LogP contribution < -0.4 is 5.32 Å². The van der Waals surface area contributed by atoms with Crippen molar-refractivity contribution in [2.45, 2.75) is 44.4 Å². The lowest BCUT2D eigenvalue weighted by Crippen LogP contribution is -2.32. The van der Waals surface area contributed by atoms with Gasteiger partial charge < -0.3 is 10.1 Å². The average Bonchev–Trinajstić information content (AvgIpc) is 2.78. The first kappa shape index (κ1) is 18.2. The third kappa shape index (κ3) is 4.43. The fourth-order valence-corrected chi connectivity index (χ4v) is 4.41. The van der Waals surface area contributed by atoms with Crippen LogP contribution in [0.2, 0.25) is 0 Å². The monoisotopic (exact) mass is 353 g/mol. The second-order valence-corrected chi connectivity index (χ2v) is 7.97. The maximum atomic E-state index is 12.2. The van der Waals surface area contributed by atoms with Gasteiger partial charge in [-0.3, -0.25) is 4.79 Å². The number of hydrogen-bond donors (Lipinski definition) is 1. The molecule has 0 fully saturated rings. The van der Waals surface area contributed by atoms with Crippen molar-refractivity contribution in [3.8, 4) is 0 Å². The normalized spacial score (nSPS) is 12.6. The number of rotatable bonds is 7. The summed E-state index contributed by atoms with van der Waals surface area (Å²) in [5.41, 5.74) is 1.21. The smallest absolute Gasteiger partial charge is 0.233 e. The van der Waals surface area contributed by atoms with Crippen LogP contribution in [0.5, 0.6) is 0 Å². The number of thiophene rings is 1. The maximum Gasteiger partial charge on any atom is 0.233 e. The molecule has 5 nitrogen and oxygen atoms in total. The van der Waals surface area contributed by atoms with Crippen LogP contribution in [0, 0.1) is 20.8 Å². The number of carbonyl (C=O) groups is 1. The number of amides is 1. The van der Waals surface area contributed by atoms with Gasteiger partial charge in [0.1, 0.15) is 15.7 Å². The summed E-state index contributed by atoms with van der Waals surface area (Å²) in [4.78, 5) is 23.5. The number of methoxy groups -OCH3 is 1. The van der Waals surface area contributed by atoms with Crippen LogP contribution in [0.4, 0.5) is 0 Å². The van der Waals surface area contributed by atoms with Crippen LogP contribution in [0.25, 0.3) is 10.2 Å². The first-order chi connectivity index (χ1) is 10.9. The minimum Gasteiger partial charge on any atom is -0.385 e. The third-order valence-electron chi connectivity index (χ3n) is 3.59. The first-order valence-corrected chi connectivity index (χ1v) is 9.31. The van der Waals surface area contributed by atoms with E-state index in [1.807, 2.05) is 13.8 Å². The van der Waals surface area contributed by atoms with E-state index >= 15 is 0 Å². The summed E-state index contributed by atoms with van der Waals surface area (Å²) in [6.45, 7) is 9.27. The molecule has 1 amide bonds. The fourth-order valence-electron chi connectivity index (χ4n) is 2.19. The molecule has 1 unspecified atom stereocenters. The van der Waals surface area contributed by atoms with Crippen molar-refractivity contribution in [3.63, 3.8) is 0 Å². The highest BCUT2D eigenvalue weighted by atomic mass is 32.2. The topological polar surface area (TPSA) is 64.1 Å². The van der Waals surface area contributed by atoms with Crippen LogP contribution in [0.1, 0.15) is 29.6 Å². The van der Waals surface area contributed by atoms with Gasteiger partial charge in [-0.1, -0.05) is 11.8 Å². The van der Waals surface area contributed by atoms with Crippen LogP contribution in [-0.2, 0) is 9.53 Å². The zero-order valence-electron chi connectivity index (χ0n) is 14.2. The van der Waals surface area contributed by atoms with E-state index in [0.29, 0.717) is 13.2 Å². The highest BCUT2D eigenvalue weighted by Gasteiger charge is 2.19. The first-order valence-electron chi connectivity index (χ1n) is 7.61. The second-order valence-electron chi connectivity index (χ2n) is 5.44. The van der Waals surface area contributed by atoms with E-state index in [-0.39, 0.29) is 11.2 Å². The van der Waals surface area contributed by atoms with Gasteiger partial charge in [0.2, 0.25) is 5.91 Å². The molecule has 7 heteroatoms. The quantitative estimate of drug-likeness (QED) is 0.470. The van der Waals surface area contributed by atoms with Crippen LogP contribution in [0.3, 0.4) is 0 Å². The summed E-state index contributed by atoms with van der Waals surface area (Å²) in [6, 6.07) is 0. The Balaban J connectivity index is 2.13. The second kappa shape index (κ2) is 8.08. The number of aryl methyl sites for hydroxylation is 3. The number of nitrogens with one attached hydrogen (secondary N) is 1. The molecule has 0 aliphatic heterocycles. The predicted molar refractivity (Wildman–Crippen MR) is 96.4 cm³/mol. The van der Waals surface area contributed by atoms with E-state index in [9.17, 15) is 4.79 Å². The molecule has 0 saturated heterocycles. The largest absolute Gasteiger partial charge is 0.385 e. The van der Waals surface area contributed by atoms with Gasteiger partial charge in [0, 0.05) is 30.5 Å². The highest BCUT2D eigenvalue weighted by molar-refractivity contribution is 8.00. The van der Waals surface area contributed by atoms with Crippen molar-refractivity contribution in [2.75, 3.05) is 20.3 Å². The van der Waals surface area contributed by atoms with E-state index < -0.39 is 0 Å². The standard InChI is InChI=1S/C16H23N3O2S2/c1-9-10(2)22-15-13(9)16(19-12(4)18-15)23-11(3)14(20)17-7-6-8-21-5/h11H,6-8H2,1-5H3,(H,17,20). The Morgan fingerprint density at radius 3 is 2.78 bits per heavy atom. The molecule has 2 rings (SSSR count). The number of thioether (sulfide) groups is 1. The lowest BCUT2D eigenvalue weighted by Gasteiger charge is -2.12. The predicted octanol–water partition coefficient (Wildman–Crippen LogP) is 3.25. The van der Waals surface area contributed by atoms with Crippen LogP contribution >= 0.6 is 23.1 Å². The van der Waals surface area contributed by atoms with Crippen molar-refractivity contribution < 1.29 is 9.53 Å². The molecule has 2 heterocycles. The zero-order chi connectivity index (χ0) is 17.0. The molecule has 126 valence electrons. The molecule has 0 aliphatic carbocycles. The number of ether oxygens (including phenoxy) is 1.